The molecule has 1 saturated heterocycles. The van der Waals surface area contributed by atoms with Crippen LogP contribution in [-0.2, 0) is 9.59 Å². The second-order valence-corrected chi connectivity index (χ2v) is 4.70. The maximum Gasteiger partial charge on any atom is 0.323 e. The van der Waals surface area contributed by atoms with Gasteiger partial charge in [0.1, 0.15) is 6.54 Å². The molecule has 1 aromatic rings. The normalized spacial score (nSPS) is 18.8. The van der Waals surface area contributed by atoms with Crippen molar-refractivity contribution in [3.8, 4) is 0 Å². The van der Waals surface area contributed by atoms with E-state index in [-0.39, 0.29) is 18.4 Å². The van der Waals surface area contributed by atoms with Gasteiger partial charge in [-0.2, -0.15) is 0 Å². The maximum absolute atomic E-state index is 12.5. The highest BCUT2D eigenvalue weighted by molar-refractivity contribution is 5.98. The van der Waals surface area contributed by atoms with Gasteiger partial charge in [0.15, 0.2) is 0 Å². The molecular formula is C14H18N2O3. The topological polar surface area (TPSA) is 69.6 Å². The number of hydrogen-bond acceptors (Lipinski definition) is 3. The average Bonchev–Trinajstić information content (AvgIpc) is 2.46. The Labute approximate surface area is 112 Å². The summed E-state index contributed by atoms with van der Waals surface area (Å²) in [7, 11) is 0. The largest absolute Gasteiger partial charge is 0.480 e. The molecule has 1 heterocycles. The second kappa shape index (κ2) is 6.33. The summed E-state index contributed by atoms with van der Waals surface area (Å²) in [4.78, 5) is 24.8. The van der Waals surface area contributed by atoms with E-state index in [4.69, 9.17) is 5.11 Å². The molecule has 0 bridgehead atoms. The zero-order valence-electron chi connectivity index (χ0n) is 10.7. The van der Waals surface area contributed by atoms with E-state index in [0.717, 1.165) is 19.4 Å². The quantitative estimate of drug-likeness (QED) is 0.852. The van der Waals surface area contributed by atoms with Crippen LogP contribution in [-0.4, -0.2) is 36.6 Å². The molecule has 5 nitrogen and oxygen atoms in total. The molecule has 1 amide bonds. The van der Waals surface area contributed by atoms with Gasteiger partial charge in [0.05, 0.1) is 5.92 Å². The number of rotatable bonds is 4. The molecular weight excluding hydrogens is 244 g/mol. The first-order valence-electron chi connectivity index (χ1n) is 6.47. The van der Waals surface area contributed by atoms with Gasteiger partial charge in [-0.15, -0.1) is 0 Å². The van der Waals surface area contributed by atoms with Crippen molar-refractivity contribution >= 4 is 17.6 Å². The summed E-state index contributed by atoms with van der Waals surface area (Å²) in [6, 6.07) is 8.97. The minimum absolute atomic E-state index is 0.110. The van der Waals surface area contributed by atoms with Crippen molar-refractivity contribution < 1.29 is 14.7 Å². The molecule has 19 heavy (non-hydrogen) atoms. The second-order valence-electron chi connectivity index (χ2n) is 4.70. The van der Waals surface area contributed by atoms with Crippen LogP contribution >= 0.6 is 0 Å². The van der Waals surface area contributed by atoms with Gasteiger partial charge in [0.2, 0.25) is 5.91 Å². The zero-order chi connectivity index (χ0) is 13.7. The third-order valence-corrected chi connectivity index (χ3v) is 3.27. The predicted molar refractivity (Wildman–Crippen MR) is 72.0 cm³/mol. The van der Waals surface area contributed by atoms with Gasteiger partial charge in [0, 0.05) is 12.2 Å². The molecule has 0 radical (unpaired) electrons. The van der Waals surface area contributed by atoms with Crippen molar-refractivity contribution in [3.05, 3.63) is 30.3 Å². The number of carboxylic acids is 1. The van der Waals surface area contributed by atoms with E-state index < -0.39 is 5.97 Å². The number of nitrogens with one attached hydrogen (secondary N) is 1. The van der Waals surface area contributed by atoms with Crippen LogP contribution in [0.3, 0.4) is 0 Å². The molecule has 0 saturated carbocycles. The van der Waals surface area contributed by atoms with Gasteiger partial charge in [-0.3, -0.25) is 9.59 Å². The maximum atomic E-state index is 12.5. The van der Waals surface area contributed by atoms with E-state index in [1.54, 1.807) is 24.3 Å². The number of carbonyl (C=O) groups excluding carboxylic acids is 1. The van der Waals surface area contributed by atoms with Crippen LogP contribution in [0.2, 0.25) is 0 Å². The number of benzene rings is 1. The minimum atomic E-state index is -0.999. The summed E-state index contributed by atoms with van der Waals surface area (Å²) in [6.07, 6.45) is 1.76. The lowest BCUT2D eigenvalue weighted by Gasteiger charge is -2.28. The number of hydrogen-bond donors (Lipinski definition) is 2. The molecule has 1 aliphatic rings. The summed E-state index contributed by atoms with van der Waals surface area (Å²) in [5.41, 5.74) is 0.639. The van der Waals surface area contributed by atoms with Crippen molar-refractivity contribution in [2.75, 3.05) is 24.5 Å². The molecule has 2 rings (SSSR count). The number of piperidine rings is 1. The summed E-state index contributed by atoms with van der Waals surface area (Å²) in [5.74, 6) is -1.24. The standard InChI is InChI=1S/C14H18N2O3/c17-13(18)10-16(12-6-2-1-3-7-12)14(19)11-5-4-8-15-9-11/h1-3,6-7,11,15H,4-5,8-10H2,(H,17,18)/t11-/m0/s1. The fraction of sp³-hybridized carbons (Fsp3) is 0.429. The van der Waals surface area contributed by atoms with Crippen LogP contribution in [0.25, 0.3) is 0 Å². The lowest BCUT2D eigenvalue weighted by molar-refractivity contribution is -0.137. The molecule has 0 aliphatic carbocycles. The Morgan fingerprint density at radius 3 is 2.63 bits per heavy atom. The summed E-state index contributed by atoms with van der Waals surface area (Å²) in [6.45, 7) is 1.26. The van der Waals surface area contributed by atoms with Crippen LogP contribution in [0.15, 0.2) is 30.3 Å². The Hall–Kier alpha value is -1.88. The fourth-order valence-electron chi connectivity index (χ4n) is 2.32. The first-order valence-corrected chi connectivity index (χ1v) is 6.47. The highest BCUT2D eigenvalue weighted by Gasteiger charge is 2.27. The smallest absolute Gasteiger partial charge is 0.323 e. The van der Waals surface area contributed by atoms with Crippen LogP contribution in [0.1, 0.15) is 12.8 Å². The Balaban J connectivity index is 2.17. The molecule has 5 heteroatoms. The van der Waals surface area contributed by atoms with Gasteiger partial charge in [-0.25, -0.2) is 0 Å². The molecule has 0 aromatic heterocycles. The van der Waals surface area contributed by atoms with Crippen LogP contribution < -0.4 is 10.2 Å². The summed E-state index contributed by atoms with van der Waals surface area (Å²) in [5, 5.41) is 12.2. The van der Waals surface area contributed by atoms with Gasteiger partial charge < -0.3 is 15.3 Å². The number of amides is 1. The first-order chi connectivity index (χ1) is 9.18. The molecule has 2 N–H and O–H groups in total. The van der Waals surface area contributed by atoms with Crippen molar-refractivity contribution in [3.63, 3.8) is 0 Å². The minimum Gasteiger partial charge on any atom is -0.480 e. The third-order valence-electron chi connectivity index (χ3n) is 3.27. The van der Waals surface area contributed by atoms with E-state index in [9.17, 15) is 9.59 Å². The number of aliphatic carboxylic acids is 1. The van der Waals surface area contributed by atoms with Crippen LogP contribution in [0.5, 0.6) is 0 Å². The summed E-state index contributed by atoms with van der Waals surface area (Å²) >= 11 is 0. The number of carbonyl (C=O) groups is 2. The van der Waals surface area contributed by atoms with Gasteiger partial charge in [-0.1, -0.05) is 18.2 Å². The van der Waals surface area contributed by atoms with Crippen molar-refractivity contribution in [2.45, 2.75) is 12.8 Å². The third kappa shape index (κ3) is 3.54. The number of para-hydroxylation sites is 1. The Kier molecular flexibility index (Phi) is 4.52. The average molecular weight is 262 g/mol. The van der Waals surface area contributed by atoms with E-state index >= 15 is 0 Å². The zero-order valence-corrected chi connectivity index (χ0v) is 10.7. The Morgan fingerprint density at radius 1 is 1.32 bits per heavy atom. The van der Waals surface area contributed by atoms with E-state index in [1.165, 1.54) is 4.90 Å². The SMILES string of the molecule is O=C(O)CN(C(=O)[C@H]1CCCNC1)c1ccccc1. The van der Waals surface area contributed by atoms with Crippen molar-refractivity contribution in [1.29, 1.82) is 0 Å². The Morgan fingerprint density at radius 2 is 2.05 bits per heavy atom. The summed E-state index contributed by atoms with van der Waals surface area (Å²) < 4.78 is 0. The highest BCUT2D eigenvalue weighted by Crippen LogP contribution is 2.19. The van der Waals surface area contributed by atoms with Crippen molar-refractivity contribution in [2.24, 2.45) is 5.92 Å². The highest BCUT2D eigenvalue weighted by atomic mass is 16.4. The number of anilines is 1. The Bertz CT molecular complexity index is 441. The molecule has 0 spiro atoms. The van der Waals surface area contributed by atoms with Gasteiger partial charge >= 0.3 is 5.97 Å². The molecule has 1 aliphatic heterocycles. The molecule has 1 atom stereocenters. The van der Waals surface area contributed by atoms with Crippen LogP contribution in [0.4, 0.5) is 5.69 Å². The van der Waals surface area contributed by atoms with Gasteiger partial charge in [-0.05, 0) is 31.5 Å². The molecule has 102 valence electrons. The number of nitrogens with zero attached hydrogens (tertiary/aromatic N) is 1. The molecule has 0 unspecified atom stereocenters. The predicted octanol–water partition coefficient (Wildman–Crippen LogP) is 1.10. The van der Waals surface area contributed by atoms with E-state index in [2.05, 4.69) is 5.32 Å². The van der Waals surface area contributed by atoms with E-state index in [0.29, 0.717) is 12.2 Å². The first kappa shape index (κ1) is 13.5. The number of carboxylic acid groups (broad SMARTS) is 1. The van der Waals surface area contributed by atoms with Gasteiger partial charge in [0.25, 0.3) is 0 Å². The fourth-order valence-corrected chi connectivity index (χ4v) is 2.32. The van der Waals surface area contributed by atoms with Crippen LogP contribution in [0, 0.1) is 5.92 Å². The lowest BCUT2D eigenvalue weighted by Crippen LogP contribution is -2.45. The van der Waals surface area contributed by atoms with E-state index in [1.807, 2.05) is 6.07 Å². The van der Waals surface area contributed by atoms with Crippen molar-refractivity contribution in [1.82, 2.24) is 5.32 Å². The molecule has 1 aromatic carbocycles. The lowest BCUT2D eigenvalue weighted by atomic mass is 9.98. The molecule has 1 fully saturated rings. The monoisotopic (exact) mass is 262 g/mol.